The second-order valence-electron chi connectivity index (χ2n) is 3.19. The number of H-pyrrole nitrogens is 1. The van der Waals surface area contributed by atoms with Crippen LogP contribution in [0.25, 0.3) is 10.8 Å². The van der Waals surface area contributed by atoms with E-state index in [0.29, 0.717) is 10.9 Å². The van der Waals surface area contributed by atoms with Gasteiger partial charge in [-0.25, -0.2) is 0 Å². The molecular weight excluding hydrogens is 176 g/mol. The Bertz CT molecular complexity index is 590. The van der Waals surface area contributed by atoms with Crippen LogP contribution >= 0.6 is 0 Å². The van der Waals surface area contributed by atoms with Gasteiger partial charge in [0.05, 0.1) is 5.56 Å². The summed E-state index contributed by atoms with van der Waals surface area (Å²) in [7, 11) is 0. The van der Waals surface area contributed by atoms with E-state index in [1.165, 1.54) is 6.20 Å². The predicted octanol–water partition coefficient (Wildman–Crippen LogP) is 1.71. The quantitative estimate of drug-likeness (QED) is 0.677. The van der Waals surface area contributed by atoms with Gasteiger partial charge in [0.1, 0.15) is 6.07 Å². The molecule has 0 amide bonds. The van der Waals surface area contributed by atoms with Gasteiger partial charge in [-0.2, -0.15) is 5.26 Å². The van der Waals surface area contributed by atoms with Gasteiger partial charge < -0.3 is 4.98 Å². The Morgan fingerprint density at radius 1 is 1.36 bits per heavy atom. The number of hydrogen-bond donors (Lipinski definition) is 1. The molecule has 0 aliphatic rings. The van der Waals surface area contributed by atoms with E-state index >= 15 is 0 Å². The first-order chi connectivity index (χ1) is 6.72. The van der Waals surface area contributed by atoms with Gasteiger partial charge in [0, 0.05) is 17.0 Å². The van der Waals surface area contributed by atoms with Crippen LogP contribution in [0.15, 0.2) is 29.2 Å². The molecule has 0 aliphatic carbocycles. The number of aryl methyl sites for hydroxylation is 1. The van der Waals surface area contributed by atoms with Crippen LogP contribution in [-0.4, -0.2) is 4.98 Å². The third kappa shape index (κ3) is 1.17. The fourth-order valence-electron chi connectivity index (χ4n) is 1.46. The maximum Gasteiger partial charge on any atom is 0.255 e. The van der Waals surface area contributed by atoms with E-state index in [2.05, 4.69) is 11.1 Å². The summed E-state index contributed by atoms with van der Waals surface area (Å²) in [5.41, 5.74) is 1.39. The Hall–Kier alpha value is -2.08. The van der Waals surface area contributed by atoms with Crippen LogP contribution in [0, 0.1) is 18.3 Å². The lowest BCUT2D eigenvalue weighted by Gasteiger charge is -1.99. The summed E-state index contributed by atoms with van der Waals surface area (Å²) in [6.45, 7) is 1.93. The summed E-state index contributed by atoms with van der Waals surface area (Å²) in [5, 5.41) is 10.1. The van der Waals surface area contributed by atoms with Crippen LogP contribution in [0.3, 0.4) is 0 Å². The maximum absolute atomic E-state index is 11.4. The largest absolute Gasteiger partial charge is 0.327 e. The van der Waals surface area contributed by atoms with Gasteiger partial charge in [-0.1, -0.05) is 11.6 Å². The first-order valence-electron chi connectivity index (χ1n) is 4.24. The highest BCUT2D eigenvalue weighted by Gasteiger charge is 2.03. The number of hydrogen-bond acceptors (Lipinski definition) is 2. The lowest BCUT2D eigenvalue weighted by atomic mass is 10.1. The van der Waals surface area contributed by atoms with Crippen molar-refractivity contribution in [2.45, 2.75) is 6.92 Å². The minimum Gasteiger partial charge on any atom is -0.327 e. The lowest BCUT2D eigenvalue weighted by molar-refractivity contribution is 1.26. The van der Waals surface area contributed by atoms with E-state index in [1.807, 2.05) is 19.1 Å². The minimum atomic E-state index is -0.154. The Balaban J connectivity index is 3.02. The molecule has 0 radical (unpaired) electrons. The topological polar surface area (TPSA) is 56.6 Å². The Kier molecular flexibility index (Phi) is 1.83. The zero-order chi connectivity index (χ0) is 10.1. The van der Waals surface area contributed by atoms with Crippen molar-refractivity contribution in [1.82, 2.24) is 4.98 Å². The second-order valence-corrected chi connectivity index (χ2v) is 3.19. The van der Waals surface area contributed by atoms with Crippen LogP contribution < -0.4 is 5.56 Å². The van der Waals surface area contributed by atoms with E-state index in [-0.39, 0.29) is 5.56 Å². The van der Waals surface area contributed by atoms with Gasteiger partial charge in [-0.15, -0.1) is 0 Å². The molecule has 0 spiro atoms. The highest BCUT2D eigenvalue weighted by Crippen LogP contribution is 2.15. The molecule has 3 heteroatoms. The van der Waals surface area contributed by atoms with Crippen LogP contribution in [0.1, 0.15) is 11.1 Å². The zero-order valence-electron chi connectivity index (χ0n) is 7.66. The average molecular weight is 184 g/mol. The summed E-state index contributed by atoms with van der Waals surface area (Å²) in [5.74, 6) is 0. The van der Waals surface area contributed by atoms with Crippen molar-refractivity contribution >= 4 is 10.8 Å². The maximum atomic E-state index is 11.4. The van der Waals surface area contributed by atoms with E-state index in [9.17, 15) is 4.79 Å². The smallest absolute Gasteiger partial charge is 0.255 e. The third-order valence-corrected chi connectivity index (χ3v) is 2.18. The summed E-state index contributed by atoms with van der Waals surface area (Å²) in [4.78, 5) is 13.9. The molecule has 1 aromatic heterocycles. The number of nitriles is 1. The fraction of sp³-hybridized carbons (Fsp3) is 0.0909. The number of aromatic amines is 1. The normalized spacial score (nSPS) is 10.0. The van der Waals surface area contributed by atoms with E-state index in [1.54, 1.807) is 6.07 Å². The monoisotopic (exact) mass is 184 g/mol. The van der Waals surface area contributed by atoms with Gasteiger partial charge in [0.2, 0.25) is 0 Å². The molecular formula is C11H8N2O. The summed E-state index contributed by atoms with van der Waals surface area (Å²) in [6, 6.07) is 7.50. The zero-order valence-corrected chi connectivity index (χ0v) is 7.66. The van der Waals surface area contributed by atoms with Gasteiger partial charge in [-0.05, 0) is 19.1 Å². The standard InChI is InChI=1S/C11H8N2O/c1-7-2-3-9-10(4-7)8(5-12)6-13-11(9)14/h2-4,6H,1H3,(H,13,14). The molecule has 0 fully saturated rings. The molecule has 2 rings (SSSR count). The first kappa shape index (κ1) is 8.52. The molecule has 0 saturated carbocycles. The highest BCUT2D eigenvalue weighted by atomic mass is 16.1. The van der Waals surface area contributed by atoms with Crippen molar-refractivity contribution in [1.29, 1.82) is 5.26 Å². The van der Waals surface area contributed by atoms with Gasteiger partial charge >= 0.3 is 0 Å². The number of aromatic nitrogens is 1. The van der Waals surface area contributed by atoms with Gasteiger partial charge in [-0.3, -0.25) is 4.79 Å². The van der Waals surface area contributed by atoms with Crippen molar-refractivity contribution in [3.8, 4) is 6.07 Å². The molecule has 0 unspecified atom stereocenters. The Labute approximate surface area is 80.6 Å². The third-order valence-electron chi connectivity index (χ3n) is 2.18. The number of nitrogens with one attached hydrogen (secondary N) is 1. The molecule has 68 valence electrons. The molecule has 0 aliphatic heterocycles. The molecule has 0 saturated heterocycles. The molecule has 0 atom stereocenters. The Morgan fingerprint density at radius 3 is 2.86 bits per heavy atom. The molecule has 1 N–H and O–H groups in total. The molecule has 3 nitrogen and oxygen atoms in total. The number of nitrogens with zero attached hydrogens (tertiary/aromatic N) is 1. The van der Waals surface area contributed by atoms with E-state index in [4.69, 9.17) is 5.26 Å². The summed E-state index contributed by atoms with van der Waals surface area (Å²) >= 11 is 0. The first-order valence-corrected chi connectivity index (χ1v) is 4.24. The molecule has 2 aromatic rings. The van der Waals surface area contributed by atoms with Gasteiger partial charge in [0.15, 0.2) is 0 Å². The summed E-state index contributed by atoms with van der Waals surface area (Å²) < 4.78 is 0. The number of pyridine rings is 1. The Morgan fingerprint density at radius 2 is 2.14 bits per heavy atom. The van der Waals surface area contributed by atoms with Crippen molar-refractivity contribution in [3.05, 3.63) is 45.9 Å². The van der Waals surface area contributed by atoms with Crippen molar-refractivity contribution in [2.24, 2.45) is 0 Å². The summed E-state index contributed by atoms with van der Waals surface area (Å²) in [6.07, 6.45) is 1.45. The molecule has 0 bridgehead atoms. The minimum absolute atomic E-state index is 0.154. The number of fused-ring (bicyclic) bond motifs is 1. The predicted molar refractivity (Wildman–Crippen MR) is 54.0 cm³/mol. The van der Waals surface area contributed by atoms with Crippen LogP contribution in [0.5, 0.6) is 0 Å². The van der Waals surface area contributed by atoms with E-state index in [0.717, 1.165) is 10.9 Å². The van der Waals surface area contributed by atoms with Crippen molar-refractivity contribution < 1.29 is 0 Å². The fourth-order valence-corrected chi connectivity index (χ4v) is 1.46. The SMILES string of the molecule is Cc1ccc2c(=O)[nH]cc(C#N)c2c1. The van der Waals surface area contributed by atoms with Crippen molar-refractivity contribution in [3.63, 3.8) is 0 Å². The van der Waals surface area contributed by atoms with Crippen LogP contribution in [0.2, 0.25) is 0 Å². The molecule has 1 heterocycles. The second kappa shape index (κ2) is 3.00. The van der Waals surface area contributed by atoms with Crippen LogP contribution in [0.4, 0.5) is 0 Å². The molecule has 1 aromatic carbocycles. The highest BCUT2D eigenvalue weighted by molar-refractivity contribution is 5.87. The van der Waals surface area contributed by atoms with Crippen LogP contribution in [-0.2, 0) is 0 Å². The number of rotatable bonds is 0. The lowest BCUT2D eigenvalue weighted by Crippen LogP contribution is -2.06. The molecule has 14 heavy (non-hydrogen) atoms. The van der Waals surface area contributed by atoms with Crippen molar-refractivity contribution in [2.75, 3.05) is 0 Å². The average Bonchev–Trinajstić information content (AvgIpc) is 2.18. The van der Waals surface area contributed by atoms with E-state index < -0.39 is 0 Å². The number of benzene rings is 1. The van der Waals surface area contributed by atoms with Gasteiger partial charge in [0.25, 0.3) is 5.56 Å².